The number of piperazine rings is 1. The van der Waals surface area contributed by atoms with Crippen molar-refractivity contribution in [2.24, 2.45) is 0 Å². The number of carbonyl (C=O) groups excluding carboxylic acids is 2. The lowest BCUT2D eigenvalue weighted by Crippen LogP contribution is -2.60. The molecular formula is C13H14N2O4. The maximum atomic E-state index is 11.7. The average molecular weight is 262 g/mol. The lowest BCUT2D eigenvalue weighted by atomic mass is 10.0. The molecule has 1 aliphatic heterocycles. The molecule has 0 radical (unpaired) electrons. The number of hydrogen-bond donors (Lipinski definition) is 1. The first-order valence-electron chi connectivity index (χ1n) is 5.86. The second-order valence-electron chi connectivity index (χ2n) is 4.49. The zero-order chi connectivity index (χ0) is 14.0. The van der Waals surface area contributed by atoms with Crippen molar-refractivity contribution in [3.05, 3.63) is 35.9 Å². The zero-order valence-corrected chi connectivity index (χ0v) is 10.4. The Morgan fingerprint density at radius 3 is 2.47 bits per heavy atom. The molecule has 1 unspecified atom stereocenters. The molecule has 1 atom stereocenters. The van der Waals surface area contributed by atoms with Gasteiger partial charge >= 0.3 is 17.9 Å². The normalized spacial score (nSPS) is 19.7. The number of rotatable bonds is 2. The third-order valence-corrected chi connectivity index (χ3v) is 3.12. The molecule has 0 spiro atoms. The molecule has 3 amide bonds. The number of amides is 3. The minimum atomic E-state index is -1.38. The number of carboxylic acid groups (broad SMARTS) is 1. The van der Waals surface area contributed by atoms with Crippen LogP contribution >= 0.6 is 0 Å². The lowest BCUT2D eigenvalue weighted by Gasteiger charge is -2.36. The van der Waals surface area contributed by atoms with E-state index in [4.69, 9.17) is 5.11 Å². The molecule has 6 nitrogen and oxygen atoms in total. The SMILES string of the molecule is CN1CC(Cc2ccccc2)N(C(=O)O)C(=O)C1=O. The van der Waals surface area contributed by atoms with Gasteiger partial charge in [0, 0.05) is 13.6 Å². The summed E-state index contributed by atoms with van der Waals surface area (Å²) in [6, 6.07) is 8.73. The van der Waals surface area contributed by atoms with Crippen molar-refractivity contribution in [1.82, 2.24) is 9.80 Å². The van der Waals surface area contributed by atoms with Gasteiger partial charge in [-0.15, -0.1) is 0 Å². The summed E-state index contributed by atoms with van der Waals surface area (Å²) >= 11 is 0. The van der Waals surface area contributed by atoms with Gasteiger partial charge in [-0.25, -0.2) is 9.69 Å². The van der Waals surface area contributed by atoms with Crippen molar-refractivity contribution < 1.29 is 19.5 Å². The van der Waals surface area contributed by atoms with Crippen LogP contribution in [0.4, 0.5) is 4.79 Å². The van der Waals surface area contributed by atoms with Crippen LogP contribution in [-0.4, -0.2) is 52.4 Å². The van der Waals surface area contributed by atoms with Crippen LogP contribution in [0.3, 0.4) is 0 Å². The zero-order valence-electron chi connectivity index (χ0n) is 10.4. The summed E-state index contributed by atoms with van der Waals surface area (Å²) in [5, 5.41) is 9.10. The Morgan fingerprint density at radius 2 is 1.89 bits per heavy atom. The highest BCUT2D eigenvalue weighted by atomic mass is 16.4. The molecule has 1 N–H and O–H groups in total. The molecule has 1 saturated heterocycles. The highest BCUT2D eigenvalue weighted by molar-refractivity contribution is 6.37. The Bertz CT molecular complexity index is 515. The van der Waals surface area contributed by atoms with Crippen molar-refractivity contribution >= 4 is 17.9 Å². The Labute approximate surface area is 110 Å². The van der Waals surface area contributed by atoms with Gasteiger partial charge in [0.2, 0.25) is 0 Å². The van der Waals surface area contributed by atoms with Crippen LogP contribution in [0.5, 0.6) is 0 Å². The molecule has 1 aromatic rings. The molecule has 1 fully saturated rings. The van der Waals surface area contributed by atoms with Crippen LogP contribution in [0.25, 0.3) is 0 Å². The van der Waals surface area contributed by atoms with E-state index in [0.717, 1.165) is 5.56 Å². The van der Waals surface area contributed by atoms with Gasteiger partial charge < -0.3 is 10.0 Å². The number of nitrogens with zero attached hydrogens (tertiary/aromatic N) is 2. The largest absolute Gasteiger partial charge is 0.465 e. The summed E-state index contributed by atoms with van der Waals surface area (Å²) in [4.78, 5) is 36.3. The van der Waals surface area contributed by atoms with Gasteiger partial charge in [-0.05, 0) is 12.0 Å². The molecule has 1 aliphatic rings. The molecular weight excluding hydrogens is 248 g/mol. The fraction of sp³-hybridized carbons (Fsp3) is 0.308. The Balaban J connectivity index is 2.24. The average Bonchev–Trinajstić information content (AvgIpc) is 2.37. The Morgan fingerprint density at radius 1 is 1.26 bits per heavy atom. The monoisotopic (exact) mass is 262 g/mol. The van der Waals surface area contributed by atoms with E-state index < -0.39 is 23.9 Å². The third kappa shape index (κ3) is 2.57. The topological polar surface area (TPSA) is 77.9 Å². The Kier molecular flexibility index (Phi) is 3.50. The summed E-state index contributed by atoms with van der Waals surface area (Å²) < 4.78 is 0. The van der Waals surface area contributed by atoms with E-state index in [1.807, 2.05) is 30.3 Å². The molecule has 0 aromatic heterocycles. The molecule has 0 saturated carbocycles. The van der Waals surface area contributed by atoms with Gasteiger partial charge in [0.25, 0.3) is 0 Å². The van der Waals surface area contributed by atoms with E-state index in [9.17, 15) is 14.4 Å². The van der Waals surface area contributed by atoms with Crippen LogP contribution in [0, 0.1) is 0 Å². The molecule has 1 aromatic carbocycles. The maximum Gasteiger partial charge on any atom is 0.414 e. The van der Waals surface area contributed by atoms with Gasteiger partial charge in [0.1, 0.15) is 0 Å². The van der Waals surface area contributed by atoms with E-state index in [2.05, 4.69) is 0 Å². The van der Waals surface area contributed by atoms with Crippen LogP contribution in [0.15, 0.2) is 30.3 Å². The van der Waals surface area contributed by atoms with Crippen molar-refractivity contribution in [2.75, 3.05) is 13.6 Å². The van der Waals surface area contributed by atoms with Crippen LogP contribution in [-0.2, 0) is 16.0 Å². The van der Waals surface area contributed by atoms with E-state index in [1.54, 1.807) is 0 Å². The first-order valence-corrected chi connectivity index (χ1v) is 5.86. The van der Waals surface area contributed by atoms with Crippen molar-refractivity contribution in [2.45, 2.75) is 12.5 Å². The number of carbonyl (C=O) groups is 3. The predicted molar refractivity (Wildman–Crippen MR) is 66.4 cm³/mol. The van der Waals surface area contributed by atoms with Crippen molar-refractivity contribution in [3.8, 4) is 0 Å². The van der Waals surface area contributed by atoms with Gasteiger partial charge in [-0.1, -0.05) is 30.3 Å². The highest BCUT2D eigenvalue weighted by Crippen LogP contribution is 2.16. The summed E-state index contributed by atoms with van der Waals surface area (Å²) in [7, 11) is 1.50. The quantitative estimate of drug-likeness (QED) is 0.791. The summed E-state index contributed by atoms with van der Waals surface area (Å²) in [5.74, 6) is -1.77. The number of hydrogen-bond acceptors (Lipinski definition) is 3. The summed E-state index contributed by atoms with van der Waals surface area (Å²) in [6.45, 7) is 0.214. The molecule has 0 aliphatic carbocycles. The van der Waals surface area contributed by atoms with Crippen molar-refractivity contribution in [3.63, 3.8) is 0 Å². The fourth-order valence-corrected chi connectivity index (χ4v) is 2.20. The van der Waals surface area contributed by atoms with Crippen LogP contribution in [0.1, 0.15) is 5.56 Å². The van der Waals surface area contributed by atoms with Crippen molar-refractivity contribution in [1.29, 1.82) is 0 Å². The van der Waals surface area contributed by atoms with Gasteiger partial charge in [-0.2, -0.15) is 0 Å². The molecule has 19 heavy (non-hydrogen) atoms. The summed E-state index contributed by atoms with van der Waals surface area (Å²) in [5.41, 5.74) is 0.925. The van der Waals surface area contributed by atoms with Gasteiger partial charge in [0.15, 0.2) is 0 Å². The number of likely N-dealkylation sites (N-methyl/N-ethyl adjacent to an activating group) is 1. The summed E-state index contributed by atoms with van der Waals surface area (Å²) in [6.07, 6.45) is -0.983. The van der Waals surface area contributed by atoms with E-state index in [0.29, 0.717) is 11.3 Å². The highest BCUT2D eigenvalue weighted by Gasteiger charge is 2.41. The van der Waals surface area contributed by atoms with Crippen LogP contribution in [0.2, 0.25) is 0 Å². The van der Waals surface area contributed by atoms with E-state index in [-0.39, 0.29) is 6.54 Å². The molecule has 1 heterocycles. The molecule has 100 valence electrons. The first-order chi connectivity index (χ1) is 9.00. The van der Waals surface area contributed by atoms with Gasteiger partial charge in [-0.3, -0.25) is 9.59 Å². The maximum absolute atomic E-state index is 11.7. The predicted octanol–water partition coefficient (Wildman–Crippen LogP) is 0.576. The molecule has 6 heteroatoms. The second kappa shape index (κ2) is 5.09. The van der Waals surface area contributed by atoms with Crippen LogP contribution < -0.4 is 0 Å². The number of imide groups is 1. The fourth-order valence-electron chi connectivity index (χ4n) is 2.20. The van der Waals surface area contributed by atoms with E-state index >= 15 is 0 Å². The molecule has 0 bridgehead atoms. The third-order valence-electron chi connectivity index (χ3n) is 3.12. The standard InChI is InChI=1S/C13H14N2O4/c1-14-8-10(7-9-5-3-2-4-6-9)15(13(18)19)12(17)11(14)16/h2-6,10H,7-8H2,1H3,(H,18,19). The minimum absolute atomic E-state index is 0.214. The molecule has 2 rings (SSSR count). The van der Waals surface area contributed by atoms with Gasteiger partial charge in [0.05, 0.1) is 6.04 Å². The Hall–Kier alpha value is -2.37. The first kappa shape index (κ1) is 13.1. The lowest BCUT2D eigenvalue weighted by molar-refractivity contribution is -0.155. The smallest absolute Gasteiger partial charge is 0.414 e. The number of benzene rings is 1. The minimum Gasteiger partial charge on any atom is -0.465 e. The van der Waals surface area contributed by atoms with E-state index in [1.165, 1.54) is 11.9 Å². The second-order valence-corrected chi connectivity index (χ2v) is 4.49.